The van der Waals surface area contributed by atoms with E-state index >= 15 is 0 Å². The van der Waals surface area contributed by atoms with Gasteiger partial charge in [0.05, 0.1) is 30.7 Å². The third kappa shape index (κ3) is 2.11. The number of aromatic nitrogens is 2. The zero-order valence-electron chi connectivity index (χ0n) is 11.0. The lowest BCUT2D eigenvalue weighted by atomic mass is 10.2. The third-order valence-corrected chi connectivity index (χ3v) is 2.98. The van der Waals surface area contributed by atoms with Gasteiger partial charge in [-0.05, 0) is 25.5 Å². The molecule has 0 atom stereocenters. The molecule has 4 nitrogen and oxygen atoms in total. The van der Waals surface area contributed by atoms with E-state index in [1.165, 1.54) is 5.56 Å². The van der Waals surface area contributed by atoms with E-state index in [2.05, 4.69) is 5.10 Å². The van der Waals surface area contributed by atoms with Gasteiger partial charge in [0.15, 0.2) is 0 Å². The van der Waals surface area contributed by atoms with E-state index in [1.54, 1.807) is 11.8 Å². The number of hydrogen-bond donors (Lipinski definition) is 1. The molecule has 0 bridgehead atoms. The summed E-state index contributed by atoms with van der Waals surface area (Å²) in [5.74, 6) is 0.609. The summed E-state index contributed by atoms with van der Waals surface area (Å²) in [4.78, 5) is 0. The van der Waals surface area contributed by atoms with Crippen LogP contribution in [0.25, 0.3) is 5.69 Å². The van der Waals surface area contributed by atoms with E-state index in [0.29, 0.717) is 5.88 Å². The first-order valence-electron chi connectivity index (χ1n) is 6.04. The molecule has 1 N–H and O–H groups in total. The summed E-state index contributed by atoms with van der Waals surface area (Å²) in [6.45, 7) is 4.00. The molecule has 0 radical (unpaired) electrons. The molecule has 1 aromatic carbocycles. The summed E-state index contributed by atoms with van der Waals surface area (Å²) in [5.41, 5.74) is 3.77. The molecule has 0 aliphatic carbocycles. The summed E-state index contributed by atoms with van der Waals surface area (Å²) >= 11 is 0. The van der Waals surface area contributed by atoms with Crippen LogP contribution in [-0.4, -0.2) is 22.0 Å². The second kappa shape index (κ2) is 5.23. The first-order chi connectivity index (χ1) is 8.71. The lowest BCUT2D eigenvalue weighted by Crippen LogP contribution is -2.00. The topological polar surface area (TPSA) is 47.3 Å². The Morgan fingerprint density at radius 2 is 1.94 bits per heavy atom. The molecule has 0 fully saturated rings. The fraction of sp³-hybridized carbons (Fsp3) is 0.357. The van der Waals surface area contributed by atoms with Gasteiger partial charge in [-0.2, -0.15) is 5.10 Å². The molecule has 0 unspecified atom stereocenters. The van der Waals surface area contributed by atoms with Crippen LogP contribution in [0, 0.1) is 6.92 Å². The van der Waals surface area contributed by atoms with Gasteiger partial charge < -0.3 is 9.84 Å². The van der Waals surface area contributed by atoms with Crippen LogP contribution in [0.15, 0.2) is 24.3 Å². The van der Waals surface area contributed by atoms with Crippen LogP contribution in [0.4, 0.5) is 0 Å². The normalized spacial score (nSPS) is 10.7. The van der Waals surface area contributed by atoms with Gasteiger partial charge in [0.1, 0.15) is 0 Å². The zero-order valence-corrected chi connectivity index (χ0v) is 11.0. The molecule has 96 valence electrons. The lowest BCUT2D eigenvalue weighted by Gasteiger charge is -2.07. The molecule has 0 spiro atoms. The molecule has 1 heterocycles. The molecular weight excluding hydrogens is 228 g/mol. The van der Waals surface area contributed by atoms with Gasteiger partial charge in [0.2, 0.25) is 5.88 Å². The second-order valence-corrected chi connectivity index (χ2v) is 4.19. The highest BCUT2D eigenvalue weighted by Gasteiger charge is 2.17. The summed E-state index contributed by atoms with van der Waals surface area (Å²) in [7, 11) is 1.60. The van der Waals surface area contributed by atoms with Crippen LogP contribution in [-0.2, 0) is 13.0 Å². The van der Waals surface area contributed by atoms with E-state index in [0.717, 1.165) is 23.4 Å². The summed E-state index contributed by atoms with van der Waals surface area (Å²) in [6.07, 6.45) is 0.769. The maximum Gasteiger partial charge on any atom is 0.222 e. The van der Waals surface area contributed by atoms with Gasteiger partial charge in [0, 0.05) is 0 Å². The maximum absolute atomic E-state index is 9.43. The van der Waals surface area contributed by atoms with Crippen LogP contribution < -0.4 is 4.74 Å². The molecule has 1 aromatic heterocycles. The molecule has 2 rings (SSSR count). The van der Waals surface area contributed by atoms with Crippen molar-refractivity contribution in [2.75, 3.05) is 7.11 Å². The van der Waals surface area contributed by atoms with Crippen LogP contribution >= 0.6 is 0 Å². The summed E-state index contributed by atoms with van der Waals surface area (Å²) in [5, 5.41) is 13.9. The average Bonchev–Trinajstić information content (AvgIpc) is 2.77. The van der Waals surface area contributed by atoms with E-state index in [4.69, 9.17) is 4.74 Å². The fourth-order valence-corrected chi connectivity index (χ4v) is 1.99. The van der Waals surface area contributed by atoms with Gasteiger partial charge in [-0.3, -0.25) is 0 Å². The molecule has 0 saturated heterocycles. The number of aliphatic hydroxyl groups is 1. The SMILES string of the molecule is CCc1nn(-c2ccc(C)cc2)c(OC)c1CO. The first kappa shape index (κ1) is 12.6. The Labute approximate surface area is 107 Å². The Balaban J connectivity index is 2.56. The van der Waals surface area contributed by atoms with Gasteiger partial charge in [-0.25, -0.2) is 4.68 Å². The average molecular weight is 246 g/mol. The van der Waals surface area contributed by atoms with Crippen molar-refractivity contribution >= 4 is 0 Å². The van der Waals surface area contributed by atoms with Crippen LogP contribution in [0.5, 0.6) is 5.88 Å². The maximum atomic E-state index is 9.43. The molecule has 0 amide bonds. The number of benzene rings is 1. The minimum absolute atomic E-state index is 0.0573. The standard InChI is InChI=1S/C14H18N2O2/c1-4-13-12(9-17)14(18-3)16(15-13)11-7-5-10(2)6-8-11/h5-8,17H,4,9H2,1-3H3. The Bertz CT molecular complexity index is 529. The van der Waals surface area contributed by atoms with Gasteiger partial charge >= 0.3 is 0 Å². The summed E-state index contributed by atoms with van der Waals surface area (Å²) < 4.78 is 7.11. The van der Waals surface area contributed by atoms with Crippen LogP contribution in [0.3, 0.4) is 0 Å². The van der Waals surface area contributed by atoms with Crippen molar-refractivity contribution in [3.05, 3.63) is 41.1 Å². The Morgan fingerprint density at radius 3 is 2.44 bits per heavy atom. The van der Waals surface area contributed by atoms with Crippen LogP contribution in [0.1, 0.15) is 23.7 Å². The molecule has 0 aliphatic rings. The Hall–Kier alpha value is -1.81. The lowest BCUT2D eigenvalue weighted by molar-refractivity contribution is 0.271. The number of hydrogen-bond acceptors (Lipinski definition) is 3. The number of methoxy groups -OCH3 is 1. The predicted molar refractivity (Wildman–Crippen MR) is 70.2 cm³/mol. The van der Waals surface area contributed by atoms with Crippen molar-refractivity contribution in [3.63, 3.8) is 0 Å². The number of rotatable bonds is 4. The highest BCUT2D eigenvalue weighted by molar-refractivity contribution is 5.42. The van der Waals surface area contributed by atoms with Crippen LogP contribution in [0.2, 0.25) is 0 Å². The largest absolute Gasteiger partial charge is 0.481 e. The third-order valence-electron chi connectivity index (χ3n) is 2.98. The highest BCUT2D eigenvalue weighted by atomic mass is 16.5. The monoisotopic (exact) mass is 246 g/mol. The molecule has 0 saturated carbocycles. The van der Waals surface area contributed by atoms with Crippen molar-refractivity contribution in [1.29, 1.82) is 0 Å². The number of ether oxygens (including phenoxy) is 1. The molecule has 0 aliphatic heterocycles. The van der Waals surface area contributed by atoms with Gasteiger partial charge in [-0.15, -0.1) is 0 Å². The first-order valence-corrected chi connectivity index (χ1v) is 6.04. The van der Waals surface area contributed by atoms with Gasteiger partial charge in [0.25, 0.3) is 0 Å². The van der Waals surface area contributed by atoms with Gasteiger partial charge in [-0.1, -0.05) is 24.6 Å². The Morgan fingerprint density at radius 1 is 1.28 bits per heavy atom. The molecule has 4 heteroatoms. The Kier molecular flexibility index (Phi) is 3.67. The summed E-state index contributed by atoms with van der Waals surface area (Å²) in [6, 6.07) is 8.04. The van der Waals surface area contributed by atoms with Crippen molar-refractivity contribution in [1.82, 2.24) is 9.78 Å². The second-order valence-electron chi connectivity index (χ2n) is 4.19. The molecule has 18 heavy (non-hydrogen) atoms. The minimum atomic E-state index is -0.0573. The molecule has 2 aromatic rings. The van der Waals surface area contributed by atoms with Crippen molar-refractivity contribution in [2.45, 2.75) is 26.9 Å². The van der Waals surface area contributed by atoms with Crippen molar-refractivity contribution in [2.24, 2.45) is 0 Å². The minimum Gasteiger partial charge on any atom is -0.481 e. The predicted octanol–water partition coefficient (Wildman–Crippen LogP) is 2.24. The quantitative estimate of drug-likeness (QED) is 0.900. The smallest absolute Gasteiger partial charge is 0.222 e. The van der Waals surface area contributed by atoms with E-state index in [1.807, 2.05) is 38.1 Å². The number of aliphatic hydroxyl groups excluding tert-OH is 1. The fourth-order valence-electron chi connectivity index (χ4n) is 1.99. The zero-order chi connectivity index (χ0) is 13.1. The number of nitrogens with zero attached hydrogens (tertiary/aromatic N) is 2. The van der Waals surface area contributed by atoms with E-state index < -0.39 is 0 Å². The molecular formula is C14H18N2O2. The number of aryl methyl sites for hydroxylation is 2. The van der Waals surface area contributed by atoms with Crippen molar-refractivity contribution in [3.8, 4) is 11.6 Å². The highest BCUT2D eigenvalue weighted by Crippen LogP contribution is 2.26. The van der Waals surface area contributed by atoms with E-state index in [9.17, 15) is 5.11 Å². The van der Waals surface area contributed by atoms with Crippen molar-refractivity contribution < 1.29 is 9.84 Å². The van der Waals surface area contributed by atoms with E-state index in [-0.39, 0.29) is 6.61 Å².